The molecule has 0 aliphatic heterocycles. The van der Waals surface area contributed by atoms with Gasteiger partial charge < -0.3 is 5.11 Å². The predicted molar refractivity (Wildman–Crippen MR) is 49.2 cm³/mol. The molecule has 0 radical (unpaired) electrons. The standard InChI is InChI=1S/C9H12OS/c1-3-11-9-5-7(2)4-8(10)6-9/h4-6,10H,3H2,1-2H3. The summed E-state index contributed by atoms with van der Waals surface area (Å²) in [4.78, 5) is 1.14. The molecule has 0 saturated heterocycles. The van der Waals surface area contributed by atoms with E-state index in [0.29, 0.717) is 5.75 Å². The Labute approximate surface area is 71.4 Å². The topological polar surface area (TPSA) is 20.2 Å². The molecule has 11 heavy (non-hydrogen) atoms. The zero-order valence-corrected chi connectivity index (χ0v) is 7.61. The normalized spacial score (nSPS) is 10.0. The van der Waals surface area contributed by atoms with Crippen LogP contribution in [0.2, 0.25) is 0 Å². The second kappa shape index (κ2) is 3.67. The highest BCUT2D eigenvalue weighted by Crippen LogP contribution is 2.23. The Morgan fingerprint density at radius 2 is 2.09 bits per heavy atom. The minimum atomic E-state index is 0.362. The quantitative estimate of drug-likeness (QED) is 0.685. The number of benzene rings is 1. The van der Waals surface area contributed by atoms with Crippen LogP contribution in [0.3, 0.4) is 0 Å². The van der Waals surface area contributed by atoms with Crippen LogP contribution < -0.4 is 0 Å². The summed E-state index contributed by atoms with van der Waals surface area (Å²) in [5.74, 6) is 1.41. The van der Waals surface area contributed by atoms with Crippen molar-refractivity contribution in [3.63, 3.8) is 0 Å². The lowest BCUT2D eigenvalue weighted by Crippen LogP contribution is -1.76. The zero-order chi connectivity index (χ0) is 8.27. The predicted octanol–water partition coefficient (Wildman–Crippen LogP) is 2.81. The average Bonchev–Trinajstić information content (AvgIpc) is 1.85. The van der Waals surface area contributed by atoms with Crippen molar-refractivity contribution in [2.24, 2.45) is 0 Å². The average molecular weight is 168 g/mol. The van der Waals surface area contributed by atoms with Crippen molar-refractivity contribution in [2.45, 2.75) is 18.7 Å². The number of aryl methyl sites for hydroxylation is 1. The van der Waals surface area contributed by atoms with Gasteiger partial charge >= 0.3 is 0 Å². The van der Waals surface area contributed by atoms with Crippen LogP contribution in [0.4, 0.5) is 0 Å². The third kappa shape index (κ3) is 2.46. The van der Waals surface area contributed by atoms with Gasteiger partial charge in [-0.25, -0.2) is 0 Å². The van der Waals surface area contributed by atoms with E-state index in [2.05, 4.69) is 13.0 Å². The fourth-order valence-corrected chi connectivity index (χ4v) is 1.79. The first-order valence-corrected chi connectivity index (χ1v) is 4.64. The second-order valence-corrected chi connectivity index (χ2v) is 3.77. The number of aromatic hydroxyl groups is 1. The summed E-state index contributed by atoms with van der Waals surface area (Å²) < 4.78 is 0. The first kappa shape index (κ1) is 8.47. The van der Waals surface area contributed by atoms with E-state index in [4.69, 9.17) is 0 Å². The maximum absolute atomic E-state index is 9.21. The van der Waals surface area contributed by atoms with Gasteiger partial charge in [0.15, 0.2) is 0 Å². The van der Waals surface area contributed by atoms with Gasteiger partial charge in [-0.15, -0.1) is 11.8 Å². The van der Waals surface area contributed by atoms with E-state index in [1.165, 1.54) is 0 Å². The van der Waals surface area contributed by atoms with Crippen LogP contribution >= 0.6 is 11.8 Å². The largest absolute Gasteiger partial charge is 0.508 e. The summed E-state index contributed by atoms with van der Waals surface area (Å²) >= 11 is 1.74. The molecule has 60 valence electrons. The zero-order valence-electron chi connectivity index (χ0n) is 6.79. The molecule has 0 spiro atoms. The summed E-state index contributed by atoms with van der Waals surface area (Å²) in [5.41, 5.74) is 1.11. The number of rotatable bonds is 2. The van der Waals surface area contributed by atoms with Crippen LogP contribution in [-0.2, 0) is 0 Å². The smallest absolute Gasteiger partial charge is 0.116 e. The van der Waals surface area contributed by atoms with Gasteiger partial charge in [0, 0.05) is 4.90 Å². The van der Waals surface area contributed by atoms with Gasteiger partial charge in [0.25, 0.3) is 0 Å². The van der Waals surface area contributed by atoms with Crippen molar-refractivity contribution >= 4 is 11.8 Å². The maximum atomic E-state index is 9.21. The van der Waals surface area contributed by atoms with Crippen molar-refractivity contribution in [3.05, 3.63) is 23.8 Å². The maximum Gasteiger partial charge on any atom is 0.116 e. The molecule has 0 amide bonds. The lowest BCUT2D eigenvalue weighted by molar-refractivity contribution is 0.473. The molecule has 0 aliphatic carbocycles. The molecule has 0 aromatic heterocycles. The summed E-state index contributed by atoms with van der Waals surface area (Å²) in [6.45, 7) is 4.09. The first-order valence-electron chi connectivity index (χ1n) is 3.66. The summed E-state index contributed by atoms with van der Waals surface area (Å²) in [6, 6.07) is 5.63. The van der Waals surface area contributed by atoms with Gasteiger partial charge in [-0.05, 0) is 36.4 Å². The van der Waals surface area contributed by atoms with Crippen LogP contribution in [0, 0.1) is 6.92 Å². The van der Waals surface area contributed by atoms with Crippen LogP contribution in [0.15, 0.2) is 23.1 Å². The van der Waals surface area contributed by atoms with Crippen molar-refractivity contribution in [3.8, 4) is 5.75 Å². The summed E-state index contributed by atoms with van der Waals surface area (Å²) in [7, 11) is 0. The number of hydrogen-bond donors (Lipinski definition) is 1. The number of phenols is 1. The molecule has 0 fully saturated rings. The molecule has 1 N–H and O–H groups in total. The minimum absolute atomic E-state index is 0.362. The molecule has 0 saturated carbocycles. The van der Waals surface area contributed by atoms with Crippen molar-refractivity contribution in [2.75, 3.05) is 5.75 Å². The monoisotopic (exact) mass is 168 g/mol. The van der Waals surface area contributed by atoms with Crippen molar-refractivity contribution < 1.29 is 5.11 Å². The lowest BCUT2D eigenvalue weighted by Gasteiger charge is -2.00. The Hall–Kier alpha value is -0.630. The van der Waals surface area contributed by atoms with Gasteiger partial charge in [0.1, 0.15) is 5.75 Å². The van der Waals surface area contributed by atoms with Crippen LogP contribution in [0.1, 0.15) is 12.5 Å². The third-order valence-corrected chi connectivity index (χ3v) is 2.20. The highest BCUT2D eigenvalue weighted by atomic mass is 32.2. The number of thioether (sulfide) groups is 1. The highest BCUT2D eigenvalue weighted by Gasteiger charge is 1.95. The van der Waals surface area contributed by atoms with E-state index in [1.807, 2.05) is 6.92 Å². The molecular formula is C9H12OS. The van der Waals surface area contributed by atoms with Gasteiger partial charge in [-0.3, -0.25) is 0 Å². The fraction of sp³-hybridized carbons (Fsp3) is 0.333. The molecule has 1 nitrogen and oxygen atoms in total. The Bertz CT molecular complexity index is 225. The molecular weight excluding hydrogens is 156 g/mol. The molecule has 1 rings (SSSR count). The summed E-state index contributed by atoms with van der Waals surface area (Å²) in [5, 5.41) is 9.21. The van der Waals surface area contributed by atoms with E-state index in [9.17, 15) is 5.11 Å². The molecule has 0 bridgehead atoms. The summed E-state index contributed by atoms with van der Waals surface area (Å²) in [6.07, 6.45) is 0. The van der Waals surface area contributed by atoms with E-state index in [1.54, 1.807) is 23.9 Å². The molecule has 0 atom stereocenters. The molecule has 0 unspecified atom stereocenters. The Kier molecular flexibility index (Phi) is 2.83. The van der Waals surface area contributed by atoms with Crippen LogP contribution in [0.5, 0.6) is 5.75 Å². The van der Waals surface area contributed by atoms with E-state index >= 15 is 0 Å². The van der Waals surface area contributed by atoms with Crippen molar-refractivity contribution in [1.29, 1.82) is 0 Å². The molecule has 0 heterocycles. The Morgan fingerprint density at radius 3 is 2.64 bits per heavy atom. The molecule has 1 aromatic rings. The molecule has 1 aromatic carbocycles. The fourth-order valence-electron chi connectivity index (χ4n) is 0.978. The van der Waals surface area contributed by atoms with Gasteiger partial charge in [0.05, 0.1) is 0 Å². The second-order valence-electron chi connectivity index (χ2n) is 2.44. The number of phenolic OH excluding ortho intramolecular Hbond substituents is 1. The third-order valence-electron chi connectivity index (χ3n) is 1.35. The van der Waals surface area contributed by atoms with E-state index < -0.39 is 0 Å². The van der Waals surface area contributed by atoms with E-state index in [-0.39, 0.29) is 0 Å². The first-order chi connectivity index (χ1) is 5.22. The Morgan fingerprint density at radius 1 is 1.36 bits per heavy atom. The van der Waals surface area contributed by atoms with Crippen molar-refractivity contribution in [1.82, 2.24) is 0 Å². The van der Waals surface area contributed by atoms with Crippen LogP contribution in [-0.4, -0.2) is 10.9 Å². The van der Waals surface area contributed by atoms with Gasteiger partial charge in [-0.1, -0.05) is 6.92 Å². The Balaban J connectivity index is 2.89. The van der Waals surface area contributed by atoms with Gasteiger partial charge in [0.2, 0.25) is 0 Å². The molecule has 2 heteroatoms. The SMILES string of the molecule is CCSc1cc(C)cc(O)c1. The van der Waals surface area contributed by atoms with E-state index in [0.717, 1.165) is 16.2 Å². The minimum Gasteiger partial charge on any atom is -0.508 e. The van der Waals surface area contributed by atoms with Gasteiger partial charge in [-0.2, -0.15) is 0 Å². The van der Waals surface area contributed by atoms with Crippen LogP contribution in [0.25, 0.3) is 0 Å². The molecule has 0 aliphatic rings. The highest BCUT2D eigenvalue weighted by molar-refractivity contribution is 7.99. The lowest BCUT2D eigenvalue weighted by atomic mass is 10.2. The number of hydrogen-bond acceptors (Lipinski definition) is 2.